The number of rotatable bonds is 6. The predicted molar refractivity (Wildman–Crippen MR) is 116 cm³/mol. The van der Waals surface area contributed by atoms with E-state index in [0.717, 1.165) is 33.9 Å². The summed E-state index contributed by atoms with van der Waals surface area (Å²) in [6.45, 7) is 5.13. The maximum absolute atomic E-state index is 12.8. The molecule has 0 aliphatic heterocycles. The van der Waals surface area contributed by atoms with Crippen LogP contribution in [0.25, 0.3) is 11.3 Å². The molecule has 1 N–H and O–H groups in total. The standard InChI is InChI=1S/C20H18N4O6S/c1-10-7-13(5-6-17(10)30-4)18-12(3)31-20(21-18)22-19(25)15-8-14(23(26)27)9-16(11(15)2)24(28)29/h5-9H,1-4H3,(H,21,22,25). The average Bonchev–Trinajstić information content (AvgIpc) is 3.07. The number of nitrogens with one attached hydrogen (secondary N) is 1. The Labute approximate surface area is 180 Å². The highest BCUT2D eigenvalue weighted by Gasteiger charge is 2.25. The molecule has 1 amide bonds. The molecule has 160 valence electrons. The van der Waals surface area contributed by atoms with Crippen molar-refractivity contribution in [2.45, 2.75) is 20.8 Å². The number of aromatic nitrogens is 1. The van der Waals surface area contributed by atoms with Crippen LogP contribution in [0.5, 0.6) is 5.75 Å². The van der Waals surface area contributed by atoms with E-state index in [9.17, 15) is 25.0 Å². The van der Waals surface area contributed by atoms with Crippen LogP contribution in [0.2, 0.25) is 0 Å². The van der Waals surface area contributed by atoms with Crippen LogP contribution in [-0.4, -0.2) is 27.8 Å². The molecule has 31 heavy (non-hydrogen) atoms. The van der Waals surface area contributed by atoms with Gasteiger partial charge in [0.05, 0.1) is 34.3 Å². The summed E-state index contributed by atoms with van der Waals surface area (Å²) in [5.41, 5.74) is 1.29. The van der Waals surface area contributed by atoms with Gasteiger partial charge in [0.15, 0.2) is 5.13 Å². The Morgan fingerprint density at radius 2 is 1.81 bits per heavy atom. The Morgan fingerprint density at radius 3 is 2.39 bits per heavy atom. The molecule has 0 atom stereocenters. The summed E-state index contributed by atoms with van der Waals surface area (Å²) in [6.07, 6.45) is 0. The van der Waals surface area contributed by atoms with Gasteiger partial charge in [0.25, 0.3) is 17.3 Å². The molecule has 0 fully saturated rings. The Kier molecular flexibility index (Phi) is 5.97. The number of ether oxygens (including phenoxy) is 1. The molecule has 11 heteroatoms. The molecule has 0 radical (unpaired) electrons. The molecule has 0 aliphatic rings. The number of anilines is 1. The van der Waals surface area contributed by atoms with E-state index in [4.69, 9.17) is 4.74 Å². The predicted octanol–water partition coefficient (Wildman–Crippen LogP) is 4.81. The SMILES string of the molecule is COc1ccc(-c2nc(NC(=O)c3cc([N+](=O)[O-])cc([N+](=O)[O-])c3C)sc2C)cc1C. The van der Waals surface area contributed by atoms with Gasteiger partial charge in [0, 0.05) is 22.1 Å². The second kappa shape index (κ2) is 8.48. The van der Waals surface area contributed by atoms with Crippen molar-refractivity contribution in [1.82, 2.24) is 4.98 Å². The molecule has 0 unspecified atom stereocenters. The largest absolute Gasteiger partial charge is 0.496 e. The summed E-state index contributed by atoms with van der Waals surface area (Å²) >= 11 is 1.23. The Hall–Kier alpha value is -3.86. The molecular formula is C20H18N4O6S. The summed E-state index contributed by atoms with van der Waals surface area (Å²) in [5, 5.41) is 25.2. The number of nitro benzene ring substituents is 2. The van der Waals surface area contributed by atoms with Crippen molar-refractivity contribution in [2.75, 3.05) is 12.4 Å². The number of non-ortho nitro benzene ring substituents is 1. The van der Waals surface area contributed by atoms with Gasteiger partial charge >= 0.3 is 0 Å². The number of hydrogen-bond acceptors (Lipinski definition) is 8. The van der Waals surface area contributed by atoms with Gasteiger partial charge in [-0.15, -0.1) is 11.3 Å². The van der Waals surface area contributed by atoms with Gasteiger partial charge in [0.2, 0.25) is 0 Å². The number of nitro groups is 2. The molecule has 0 aliphatic carbocycles. The summed E-state index contributed by atoms with van der Waals surface area (Å²) in [4.78, 5) is 38.9. The smallest absolute Gasteiger partial charge is 0.279 e. The Balaban J connectivity index is 1.95. The second-order valence-electron chi connectivity index (χ2n) is 6.71. The van der Waals surface area contributed by atoms with Crippen LogP contribution >= 0.6 is 11.3 Å². The molecule has 1 aromatic heterocycles. The molecule has 0 saturated heterocycles. The maximum atomic E-state index is 12.8. The molecule has 3 rings (SSSR count). The fourth-order valence-electron chi connectivity index (χ4n) is 3.12. The first-order valence-electron chi connectivity index (χ1n) is 8.99. The first-order valence-corrected chi connectivity index (χ1v) is 9.81. The molecule has 2 aromatic carbocycles. The molecule has 3 aromatic rings. The van der Waals surface area contributed by atoms with Crippen LogP contribution in [0.3, 0.4) is 0 Å². The zero-order valence-electron chi connectivity index (χ0n) is 17.1. The highest BCUT2D eigenvalue weighted by atomic mass is 32.1. The summed E-state index contributed by atoms with van der Waals surface area (Å²) in [5.74, 6) is 0.0309. The van der Waals surface area contributed by atoms with E-state index in [2.05, 4.69) is 10.3 Å². The monoisotopic (exact) mass is 442 g/mol. The number of carbonyl (C=O) groups excluding carboxylic acids is 1. The van der Waals surface area contributed by atoms with Gasteiger partial charge in [-0.3, -0.25) is 30.3 Å². The summed E-state index contributed by atoms with van der Waals surface area (Å²) in [6, 6.07) is 7.46. The van der Waals surface area contributed by atoms with Gasteiger partial charge in [0.1, 0.15) is 5.75 Å². The highest BCUT2D eigenvalue weighted by molar-refractivity contribution is 7.16. The molecule has 1 heterocycles. The van der Waals surface area contributed by atoms with Gasteiger partial charge < -0.3 is 4.74 Å². The van der Waals surface area contributed by atoms with Crippen molar-refractivity contribution in [2.24, 2.45) is 0 Å². The van der Waals surface area contributed by atoms with Crippen molar-refractivity contribution < 1.29 is 19.4 Å². The van der Waals surface area contributed by atoms with Crippen molar-refractivity contribution in [3.63, 3.8) is 0 Å². The van der Waals surface area contributed by atoms with E-state index < -0.39 is 27.1 Å². The number of thiazole rings is 1. The van der Waals surface area contributed by atoms with E-state index in [0.29, 0.717) is 5.69 Å². The first kappa shape index (κ1) is 21.8. The average molecular weight is 442 g/mol. The normalized spacial score (nSPS) is 10.6. The number of carbonyl (C=O) groups is 1. The van der Waals surface area contributed by atoms with Crippen molar-refractivity contribution >= 4 is 33.8 Å². The lowest BCUT2D eigenvalue weighted by molar-refractivity contribution is -0.394. The van der Waals surface area contributed by atoms with Crippen molar-refractivity contribution in [3.8, 4) is 17.0 Å². The minimum Gasteiger partial charge on any atom is -0.496 e. The lowest BCUT2D eigenvalue weighted by atomic mass is 10.0. The molecule has 0 saturated carbocycles. The summed E-state index contributed by atoms with van der Waals surface area (Å²) in [7, 11) is 1.59. The van der Waals surface area contributed by atoms with E-state index >= 15 is 0 Å². The van der Waals surface area contributed by atoms with Crippen LogP contribution in [0, 0.1) is 41.0 Å². The topological polar surface area (TPSA) is 138 Å². The highest BCUT2D eigenvalue weighted by Crippen LogP contribution is 2.34. The number of amides is 1. The molecule has 0 spiro atoms. The molecular weight excluding hydrogens is 424 g/mol. The lowest BCUT2D eigenvalue weighted by Gasteiger charge is -2.07. The zero-order chi connectivity index (χ0) is 22.9. The quantitative estimate of drug-likeness (QED) is 0.427. The van der Waals surface area contributed by atoms with Crippen molar-refractivity contribution in [3.05, 3.63) is 72.1 Å². The number of nitrogens with zero attached hydrogens (tertiary/aromatic N) is 3. The zero-order valence-corrected chi connectivity index (χ0v) is 17.9. The van der Waals surface area contributed by atoms with Gasteiger partial charge in [-0.1, -0.05) is 0 Å². The van der Waals surface area contributed by atoms with Crippen LogP contribution in [0.4, 0.5) is 16.5 Å². The fourth-order valence-corrected chi connectivity index (χ4v) is 3.95. The molecule has 10 nitrogen and oxygen atoms in total. The van der Waals surface area contributed by atoms with Gasteiger partial charge in [-0.2, -0.15) is 0 Å². The van der Waals surface area contributed by atoms with Crippen LogP contribution < -0.4 is 10.1 Å². The molecule has 0 bridgehead atoms. The van der Waals surface area contributed by atoms with Gasteiger partial charge in [-0.05, 0) is 44.5 Å². The number of hydrogen-bond donors (Lipinski definition) is 1. The minimum atomic E-state index is -0.777. The first-order chi connectivity index (χ1) is 14.6. The number of aryl methyl sites for hydroxylation is 2. The lowest BCUT2D eigenvalue weighted by Crippen LogP contribution is -2.14. The number of methoxy groups -OCH3 is 1. The van der Waals surface area contributed by atoms with Gasteiger partial charge in [-0.25, -0.2) is 4.98 Å². The van der Waals surface area contributed by atoms with E-state index in [1.165, 1.54) is 18.3 Å². The van der Waals surface area contributed by atoms with Crippen molar-refractivity contribution in [1.29, 1.82) is 0 Å². The fraction of sp³-hybridized carbons (Fsp3) is 0.200. The Bertz CT molecular complexity index is 1220. The third-order valence-corrected chi connectivity index (χ3v) is 5.59. The van der Waals surface area contributed by atoms with Crippen LogP contribution in [0.1, 0.15) is 26.4 Å². The maximum Gasteiger partial charge on any atom is 0.279 e. The third-order valence-electron chi connectivity index (χ3n) is 4.70. The third kappa shape index (κ3) is 4.36. The van der Waals surface area contributed by atoms with E-state index in [-0.39, 0.29) is 16.3 Å². The Morgan fingerprint density at radius 1 is 1.10 bits per heavy atom. The number of benzene rings is 2. The minimum absolute atomic E-state index is 0.0346. The van der Waals surface area contributed by atoms with Crippen LogP contribution in [-0.2, 0) is 0 Å². The second-order valence-corrected chi connectivity index (χ2v) is 7.92. The van der Waals surface area contributed by atoms with Crippen LogP contribution in [0.15, 0.2) is 30.3 Å². The van der Waals surface area contributed by atoms with E-state index in [1.54, 1.807) is 7.11 Å². The summed E-state index contributed by atoms with van der Waals surface area (Å²) < 4.78 is 5.27. The van der Waals surface area contributed by atoms with E-state index in [1.807, 2.05) is 32.0 Å².